The molecule has 6 nitrogen and oxygen atoms in total. The van der Waals surface area contributed by atoms with Gasteiger partial charge in [-0.15, -0.1) is 0 Å². The number of aromatic amines is 1. The monoisotopic (exact) mass is 409 g/mol. The van der Waals surface area contributed by atoms with Gasteiger partial charge in [-0.05, 0) is 51.0 Å². The second-order valence-corrected chi connectivity index (χ2v) is 10.6. The van der Waals surface area contributed by atoms with Crippen molar-refractivity contribution in [2.45, 2.75) is 89.5 Å². The van der Waals surface area contributed by atoms with Gasteiger partial charge in [0, 0.05) is 24.8 Å². The Labute approximate surface area is 169 Å². The van der Waals surface area contributed by atoms with Crippen molar-refractivity contribution in [2.24, 2.45) is 5.92 Å². The molecule has 0 atom stereocenters. The Bertz CT molecular complexity index is 784. The van der Waals surface area contributed by atoms with Crippen molar-refractivity contribution in [1.82, 2.24) is 14.6 Å². The van der Waals surface area contributed by atoms with Crippen molar-refractivity contribution < 1.29 is 13.2 Å². The zero-order valence-electron chi connectivity index (χ0n) is 17.5. The fourth-order valence-electron chi connectivity index (χ4n) is 4.56. The van der Waals surface area contributed by atoms with Crippen molar-refractivity contribution in [2.75, 3.05) is 13.1 Å². The highest BCUT2D eigenvalue weighted by Gasteiger charge is 2.33. The van der Waals surface area contributed by atoms with Crippen molar-refractivity contribution >= 4 is 15.9 Å². The van der Waals surface area contributed by atoms with E-state index >= 15 is 0 Å². The number of H-pyrrole nitrogens is 1. The van der Waals surface area contributed by atoms with Crippen LogP contribution in [-0.2, 0) is 10.0 Å². The van der Waals surface area contributed by atoms with Gasteiger partial charge in [0.05, 0.1) is 0 Å². The number of rotatable bonds is 4. The largest absolute Gasteiger partial charge is 0.353 e. The van der Waals surface area contributed by atoms with Gasteiger partial charge >= 0.3 is 0 Å². The molecule has 2 N–H and O–H groups in total. The molecule has 3 rings (SSSR count). The number of aryl methyl sites for hydroxylation is 1. The zero-order valence-corrected chi connectivity index (χ0v) is 18.3. The van der Waals surface area contributed by atoms with E-state index in [0.29, 0.717) is 36.0 Å². The third kappa shape index (κ3) is 4.62. The van der Waals surface area contributed by atoms with Gasteiger partial charge in [-0.1, -0.05) is 39.0 Å². The number of nitrogens with zero attached hydrogens (tertiary/aromatic N) is 1. The maximum absolute atomic E-state index is 13.2. The van der Waals surface area contributed by atoms with Gasteiger partial charge in [0.2, 0.25) is 10.0 Å². The summed E-state index contributed by atoms with van der Waals surface area (Å²) < 4.78 is 28.0. The van der Waals surface area contributed by atoms with Crippen molar-refractivity contribution in [3.63, 3.8) is 0 Å². The topological polar surface area (TPSA) is 82.3 Å². The summed E-state index contributed by atoms with van der Waals surface area (Å²) >= 11 is 0. The molecule has 1 amide bonds. The predicted molar refractivity (Wildman–Crippen MR) is 111 cm³/mol. The van der Waals surface area contributed by atoms with E-state index in [1.807, 2.05) is 0 Å². The Kier molecular flexibility index (Phi) is 6.86. The van der Waals surface area contributed by atoms with E-state index in [2.05, 4.69) is 17.2 Å². The van der Waals surface area contributed by atoms with Crippen LogP contribution in [-0.4, -0.2) is 42.7 Å². The Morgan fingerprint density at radius 1 is 1.00 bits per heavy atom. The number of hydrogen-bond acceptors (Lipinski definition) is 3. The molecule has 1 aliphatic heterocycles. The Morgan fingerprint density at radius 3 is 2.18 bits per heavy atom. The quantitative estimate of drug-likeness (QED) is 0.791. The SMILES string of the molecule is Cc1[nH]c(C(=O)NC2CCCCCCC2)c(C)c1S(=O)(=O)N1CCC(C)CC1. The van der Waals surface area contributed by atoms with Gasteiger partial charge in [0.25, 0.3) is 5.91 Å². The van der Waals surface area contributed by atoms with E-state index in [9.17, 15) is 13.2 Å². The van der Waals surface area contributed by atoms with Crippen LogP contribution in [0.25, 0.3) is 0 Å². The molecule has 1 aliphatic carbocycles. The van der Waals surface area contributed by atoms with Crippen LogP contribution in [0.1, 0.15) is 86.5 Å². The van der Waals surface area contributed by atoms with Crippen LogP contribution in [0.3, 0.4) is 0 Å². The number of carbonyl (C=O) groups excluding carboxylic acids is 1. The van der Waals surface area contributed by atoms with Crippen molar-refractivity contribution in [1.29, 1.82) is 0 Å². The summed E-state index contributed by atoms with van der Waals surface area (Å²) in [6.45, 7) is 6.76. The lowest BCUT2D eigenvalue weighted by molar-refractivity contribution is 0.0925. The molecule has 0 spiro atoms. The maximum Gasteiger partial charge on any atom is 0.268 e. The average molecular weight is 410 g/mol. The summed E-state index contributed by atoms with van der Waals surface area (Å²) in [4.78, 5) is 16.2. The lowest BCUT2D eigenvalue weighted by atomic mass is 9.96. The average Bonchev–Trinajstić information content (AvgIpc) is 2.92. The lowest BCUT2D eigenvalue weighted by Crippen LogP contribution is -2.38. The normalized spacial score (nSPS) is 21.2. The lowest BCUT2D eigenvalue weighted by Gasteiger charge is -2.29. The molecule has 2 aliphatic rings. The van der Waals surface area contributed by atoms with Gasteiger partial charge in [0.1, 0.15) is 10.6 Å². The number of nitrogens with one attached hydrogen (secondary N) is 2. The number of hydrogen-bond donors (Lipinski definition) is 2. The number of sulfonamides is 1. The molecule has 28 heavy (non-hydrogen) atoms. The van der Waals surface area contributed by atoms with Gasteiger partial charge in [-0.2, -0.15) is 4.31 Å². The van der Waals surface area contributed by atoms with Gasteiger partial charge in [0.15, 0.2) is 0 Å². The Hall–Kier alpha value is -1.34. The van der Waals surface area contributed by atoms with Crippen LogP contribution in [0.2, 0.25) is 0 Å². The van der Waals surface area contributed by atoms with Gasteiger partial charge in [-0.3, -0.25) is 4.79 Å². The minimum atomic E-state index is -3.58. The van der Waals surface area contributed by atoms with Crippen LogP contribution < -0.4 is 5.32 Å². The molecule has 7 heteroatoms. The van der Waals surface area contributed by atoms with Crippen molar-refractivity contribution in [3.8, 4) is 0 Å². The number of carbonyl (C=O) groups is 1. The smallest absolute Gasteiger partial charge is 0.268 e. The number of amides is 1. The minimum absolute atomic E-state index is 0.180. The highest BCUT2D eigenvalue weighted by atomic mass is 32.2. The summed E-state index contributed by atoms with van der Waals surface area (Å²) in [5, 5.41) is 3.14. The molecule has 1 saturated carbocycles. The fourth-order valence-corrected chi connectivity index (χ4v) is 6.44. The van der Waals surface area contributed by atoms with Crippen LogP contribution in [0.5, 0.6) is 0 Å². The number of piperidine rings is 1. The second-order valence-electron chi connectivity index (χ2n) is 8.68. The molecule has 2 heterocycles. The summed E-state index contributed by atoms with van der Waals surface area (Å²) in [5.41, 5.74) is 1.49. The highest BCUT2D eigenvalue weighted by molar-refractivity contribution is 7.89. The molecule has 2 fully saturated rings. The van der Waals surface area contributed by atoms with E-state index in [-0.39, 0.29) is 16.8 Å². The fraction of sp³-hybridized carbons (Fsp3) is 0.762. The van der Waals surface area contributed by atoms with E-state index in [0.717, 1.165) is 38.5 Å². The minimum Gasteiger partial charge on any atom is -0.353 e. The molecular formula is C21H35N3O3S. The molecule has 1 aromatic heterocycles. The first kappa shape index (κ1) is 21.4. The molecule has 1 saturated heterocycles. The second kappa shape index (κ2) is 8.99. The van der Waals surface area contributed by atoms with Gasteiger partial charge < -0.3 is 10.3 Å². The zero-order chi connectivity index (χ0) is 20.3. The standard InChI is InChI=1S/C21H35N3O3S/c1-15-11-13-24(14-12-15)28(26,27)20-16(2)19(22-17(20)3)21(25)23-18-9-7-5-4-6-8-10-18/h15,18,22H,4-14H2,1-3H3,(H,23,25). The molecule has 158 valence electrons. The third-order valence-corrected chi connectivity index (χ3v) is 8.55. The molecular weight excluding hydrogens is 374 g/mol. The molecule has 0 bridgehead atoms. The summed E-state index contributed by atoms with van der Waals surface area (Å²) in [6, 6.07) is 0.180. The predicted octanol–water partition coefficient (Wildman–Crippen LogP) is 3.89. The van der Waals surface area contributed by atoms with Crippen molar-refractivity contribution in [3.05, 3.63) is 17.0 Å². The van der Waals surface area contributed by atoms with Crippen LogP contribution in [0.15, 0.2) is 4.90 Å². The third-order valence-electron chi connectivity index (χ3n) is 6.38. The molecule has 0 unspecified atom stereocenters. The van der Waals surface area contributed by atoms with Crippen LogP contribution in [0.4, 0.5) is 0 Å². The first-order valence-electron chi connectivity index (χ1n) is 10.8. The Balaban J connectivity index is 1.78. The van der Waals surface area contributed by atoms with Crippen LogP contribution in [0, 0.1) is 19.8 Å². The maximum atomic E-state index is 13.2. The van der Waals surface area contributed by atoms with Gasteiger partial charge in [-0.25, -0.2) is 8.42 Å². The van der Waals surface area contributed by atoms with E-state index in [1.54, 1.807) is 18.2 Å². The summed E-state index contributed by atoms with van der Waals surface area (Å²) in [7, 11) is -3.58. The van der Waals surface area contributed by atoms with E-state index in [4.69, 9.17) is 0 Å². The van der Waals surface area contributed by atoms with E-state index in [1.165, 1.54) is 19.3 Å². The Morgan fingerprint density at radius 2 is 1.57 bits per heavy atom. The first-order valence-corrected chi connectivity index (χ1v) is 12.2. The number of aromatic nitrogens is 1. The molecule has 0 aromatic carbocycles. The molecule has 0 radical (unpaired) electrons. The summed E-state index contributed by atoms with van der Waals surface area (Å²) in [6.07, 6.45) is 9.79. The van der Waals surface area contributed by atoms with E-state index < -0.39 is 10.0 Å². The van der Waals surface area contributed by atoms with Crippen LogP contribution >= 0.6 is 0 Å². The molecule has 1 aromatic rings. The highest BCUT2D eigenvalue weighted by Crippen LogP contribution is 2.29. The first-order chi connectivity index (χ1) is 13.3. The summed E-state index contributed by atoms with van der Waals surface area (Å²) in [5.74, 6) is 0.380.